The van der Waals surface area contributed by atoms with E-state index >= 15 is 0 Å². The van der Waals surface area contributed by atoms with Crippen molar-refractivity contribution >= 4 is 29.2 Å². The number of rotatable bonds is 12. The lowest BCUT2D eigenvalue weighted by Crippen LogP contribution is -2.17. The van der Waals surface area contributed by atoms with Gasteiger partial charge in [-0.3, -0.25) is 4.79 Å². The molecule has 174 valence electrons. The fourth-order valence-corrected chi connectivity index (χ4v) is 3.07. The number of methoxy groups -OCH3 is 1. The normalized spacial score (nSPS) is 10.5. The fourth-order valence-electron chi connectivity index (χ4n) is 2.90. The number of amides is 1. The summed E-state index contributed by atoms with van der Waals surface area (Å²) in [5.74, 6) is -0.493. The molecule has 0 saturated heterocycles. The van der Waals surface area contributed by atoms with Gasteiger partial charge < -0.3 is 24.6 Å². The first-order valence-corrected chi connectivity index (χ1v) is 11.1. The SMILES string of the molecule is CCCCOc1cc(CC(=O)Nc2cc(Cl)ccc2C(=O)OC)cc(OCCCC)c1O. The van der Waals surface area contributed by atoms with Crippen molar-refractivity contribution < 1.29 is 28.9 Å². The number of benzene rings is 2. The van der Waals surface area contributed by atoms with Gasteiger partial charge >= 0.3 is 5.97 Å². The molecule has 8 heteroatoms. The van der Waals surface area contributed by atoms with Gasteiger partial charge in [0.05, 0.1) is 38.0 Å². The topological polar surface area (TPSA) is 94.1 Å². The van der Waals surface area contributed by atoms with Crippen LogP contribution in [-0.2, 0) is 16.0 Å². The summed E-state index contributed by atoms with van der Waals surface area (Å²) in [6.45, 7) is 4.97. The number of halogens is 1. The van der Waals surface area contributed by atoms with Gasteiger partial charge in [0.15, 0.2) is 11.5 Å². The van der Waals surface area contributed by atoms with Gasteiger partial charge in [-0.25, -0.2) is 4.79 Å². The molecule has 2 aromatic rings. The predicted octanol–water partition coefficient (Wildman–Crippen LogP) is 5.37. The predicted molar refractivity (Wildman–Crippen MR) is 124 cm³/mol. The summed E-state index contributed by atoms with van der Waals surface area (Å²) in [4.78, 5) is 24.7. The highest BCUT2D eigenvalue weighted by Crippen LogP contribution is 2.38. The Bertz CT molecular complexity index is 900. The molecule has 2 rings (SSSR count). The summed E-state index contributed by atoms with van der Waals surface area (Å²) in [6, 6.07) is 7.76. The second-order valence-electron chi connectivity index (χ2n) is 7.25. The van der Waals surface area contributed by atoms with Gasteiger partial charge in [0, 0.05) is 5.02 Å². The molecule has 0 aliphatic heterocycles. The molecule has 0 heterocycles. The average Bonchev–Trinajstić information content (AvgIpc) is 2.76. The number of ether oxygens (including phenoxy) is 3. The third-order valence-corrected chi connectivity index (χ3v) is 4.87. The zero-order valence-electron chi connectivity index (χ0n) is 18.7. The Morgan fingerprint density at radius 2 is 1.59 bits per heavy atom. The minimum Gasteiger partial charge on any atom is -0.502 e. The van der Waals surface area contributed by atoms with E-state index in [1.54, 1.807) is 18.2 Å². The molecule has 1 amide bonds. The van der Waals surface area contributed by atoms with Crippen molar-refractivity contribution in [2.45, 2.75) is 46.0 Å². The monoisotopic (exact) mass is 463 g/mol. The minimum absolute atomic E-state index is 0.0261. The third-order valence-electron chi connectivity index (χ3n) is 4.64. The third kappa shape index (κ3) is 7.34. The van der Waals surface area contributed by atoms with Crippen LogP contribution in [0.2, 0.25) is 5.02 Å². The van der Waals surface area contributed by atoms with Crippen molar-refractivity contribution in [2.75, 3.05) is 25.6 Å². The second-order valence-corrected chi connectivity index (χ2v) is 7.69. The summed E-state index contributed by atoms with van der Waals surface area (Å²) < 4.78 is 16.2. The summed E-state index contributed by atoms with van der Waals surface area (Å²) in [6.07, 6.45) is 3.54. The molecule has 0 aliphatic rings. The molecule has 0 saturated carbocycles. The number of hydrogen-bond acceptors (Lipinski definition) is 6. The number of esters is 1. The molecular formula is C24H30ClNO6. The lowest BCUT2D eigenvalue weighted by atomic mass is 10.1. The van der Waals surface area contributed by atoms with E-state index in [1.807, 2.05) is 13.8 Å². The van der Waals surface area contributed by atoms with Crippen LogP contribution in [0.4, 0.5) is 5.69 Å². The molecule has 2 aromatic carbocycles. The molecule has 0 bridgehead atoms. The zero-order valence-corrected chi connectivity index (χ0v) is 19.5. The maximum Gasteiger partial charge on any atom is 0.339 e. The highest BCUT2D eigenvalue weighted by molar-refractivity contribution is 6.31. The standard InChI is InChI=1S/C24H30ClNO6/c1-4-6-10-31-20-12-16(13-21(23(20)28)32-11-7-5-2)14-22(27)26-19-15-17(25)8-9-18(19)24(29)30-3/h8-9,12-13,15,28H,4-7,10-11,14H2,1-3H3,(H,26,27). The summed E-state index contributed by atoms with van der Waals surface area (Å²) in [5.41, 5.74) is 1.05. The highest BCUT2D eigenvalue weighted by atomic mass is 35.5. The Morgan fingerprint density at radius 3 is 2.12 bits per heavy atom. The lowest BCUT2D eigenvalue weighted by molar-refractivity contribution is -0.115. The van der Waals surface area contributed by atoms with E-state index in [9.17, 15) is 14.7 Å². The molecule has 0 fully saturated rings. The van der Waals surface area contributed by atoms with Gasteiger partial charge in [-0.15, -0.1) is 0 Å². The molecule has 0 radical (unpaired) electrons. The Hall–Kier alpha value is -2.93. The molecular weight excluding hydrogens is 434 g/mol. The van der Waals surface area contributed by atoms with E-state index in [1.165, 1.54) is 19.2 Å². The summed E-state index contributed by atoms with van der Waals surface area (Å²) in [5, 5.41) is 13.6. The van der Waals surface area contributed by atoms with Gasteiger partial charge in [-0.2, -0.15) is 0 Å². The molecule has 0 unspecified atom stereocenters. The number of carbonyl (C=O) groups excluding carboxylic acids is 2. The van der Waals surface area contributed by atoms with Crippen LogP contribution in [0.1, 0.15) is 55.5 Å². The Balaban J connectivity index is 2.24. The smallest absolute Gasteiger partial charge is 0.339 e. The van der Waals surface area contributed by atoms with E-state index in [-0.39, 0.29) is 40.8 Å². The number of nitrogens with one attached hydrogen (secondary N) is 1. The van der Waals surface area contributed by atoms with E-state index in [0.717, 1.165) is 25.7 Å². The van der Waals surface area contributed by atoms with Crippen molar-refractivity contribution in [1.82, 2.24) is 0 Å². The molecule has 2 N–H and O–H groups in total. The van der Waals surface area contributed by atoms with Gasteiger partial charge in [-0.05, 0) is 48.7 Å². The number of phenols is 1. The first kappa shape index (κ1) is 25.3. The number of phenolic OH excluding ortho intramolecular Hbond substituents is 1. The van der Waals surface area contributed by atoms with Crippen LogP contribution in [0, 0.1) is 0 Å². The van der Waals surface area contributed by atoms with E-state index in [0.29, 0.717) is 23.8 Å². The van der Waals surface area contributed by atoms with Crippen molar-refractivity contribution in [3.05, 3.63) is 46.5 Å². The number of unbranched alkanes of at least 4 members (excludes halogenated alkanes) is 2. The van der Waals surface area contributed by atoms with Crippen LogP contribution >= 0.6 is 11.6 Å². The molecule has 7 nitrogen and oxygen atoms in total. The second kappa shape index (κ2) is 12.8. The first-order chi connectivity index (χ1) is 15.4. The molecule has 0 atom stereocenters. The Kier molecular flexibility index (Phi) is 10.1. The van der Waals surface area contributed by atoms with Gasteiger partial charge in [0.1, 0.15) is 0 Å². The van der Waals surface area contributed by atoms with Crippen molar-refractivity contribution in [1.29, 1.82) is 0 Å². The number of aromatic hydroxyl groups is 1. The highest BCUT2D eigenvalue weighted by Gasteiger charge is 2.17. The van der Waals surface area contributed by atoms with Crippen LogP contribution in [0.3, 0.4) is 0 Å². The molecule has 0 spiro atoms. The maximum absolute atomic E-state index is 12.7. The quantitative estimate of drug-likeness (QED) is 0.324. The first-order valence-electron chi connectivity index (χ1n) is 10.7. The van der Waals surface area contributed by atoms with E-state index < -0.39 is 5.97 Å². The van der Waals surface area contributed by atoms with E-state index in [2.05, 4.69) is 5.32 Å². The summed E-state index contributed by atoms with van der Waals surface area (Å²) in [7, 11) is 1.26. The van der Waals surface area contributed by atoms with Crippen molar-refractivity contribution in [3.8, 4) is 17.2 Å². The van der Waals surface area contributed by atoms with Crippen LogP contribution < -0.4 is 14.8 Å². The zero-order chi connectivity index (χ0) is 23.5. The van der Waals surface area contributed by atoms with Gasteiger partial charge in [0.25, 0.3) is 0 Å². The number of hydrogen-bond donors (Lipinski definition) is 2. The largest absolute Gasteiger partial charge is 0.502 e. The molecule has 32 heavy (non-hydrogen) atoms. The Morgan fingerprint density at radius 1 is 1.00 bits per heavy atom. The van der Waals surface area contributed by atoms with Crippen LogP contribution in [-0.4, -0.2) is 37.3 Å². The fraction of sp³-hybridized carbons (Fsp3) is 0.417. The minimum atomic E-state index is -0.583. The number of carbonyl (C=O) groups is 2. The van der Waals surface area contributed by atoms with Crippen LogP contribution in [0.25, 0.3) is 0 Å². The van der Waals surface area contributed by atoms with Gasteiger partial charge in [-0.1, -0.05) is 38.3 Å². The average molecular weight is 464 g/mol. The van der Waals surface area contributed by atoms with Crippen LogP contribution in [0.5, 0.6) is 17.2 Å². The lowest BCUT2D eigenvalue weighted by Gasteiger charge is -2.15. The summed E-state index contributed by atoms with van der Waals surface area (Å²) >= 11 is 6.02. The Labute approximate surface area is 193 Å². The van der Waals surface area contributed by atoms with E-state index in [4.69, 9.17) is 25.8 Å². The van der Waals surface area contributed by atoms with Crippen LogP contribution in [0.15, 0.2) is 30.3 Å². The molecule has 0 aromatic heterocycles. The van der Waals surface area contributed by atoms with Gasteiger partial charge in [0.2, 0.25) is 11.7 Å². The molecule has 0 aliphatic carbocycles. The maximum atomic E-state index is 12.7. The van der Waals surface area contributed by atoms with Crippen molar-refractivity contribution in [2.24, 2.45) is 0 Å². The number of anilines is 1. The van der Waals surface area contributed by atoms with Crippen molar-refractivity contribution in [3.63, 3.8) is 0 Å².